The van der Waals surface area contributed by atoms with Gasteiger partial charge < -0.3 is 14.6 Å². The van der Waals surface area contributed by atoms with Crippen LogP contribution in [0.2, 0.25) is 0 Å². The van der Waals surface area contributed by atoms with Crippen LogP contribution in [0.5, 0.6) is 11.5 Å². The number of unbranched alkanes of at least 4 members (excludes halogenated alkanes) is 3. The Morgan fingerprint density at radius 2 is 1.74 bits per heavy atom. The summed E-state index contributed by atoms with van der Waals surface area (Å²) in [5, 5.41) is 9.01. The normalized spacial score (nSPS) is 10.5. The topological polar surface area (TPSA) is 72.8 Å². The van der Waals surface area contributed by atoms with E-state index in [0.29, 0.717) is 22.4 Å². The number of aromatic carboxylic acids is 1. The summed E-state index contributed by atoms with van der Waals surface area (Å²) in [5.74, 6) is -0.945. The van der Waals surface area contributed by atoms with Crippen LogP contribution in [-0.2, 0) is 0 Å². The molecule has 0 unspecified atom stereocenters. The van der Waals surface area contributed by atoms with Gasteiger partial charge in [-0.05, 0) is 58.7 Å². The lowest BCUT2D eigenvalue weighted by Crippen LogP contribution is -2.12. The smallest absolute Gasteiger partial charge is 0.347 e. The van der Waals surface area contributed by atoms with Gasteiger partial charge in [0.05, 0.1) is 16.6 Å². The quantitative estimate of drug-likeness (QED) is 0.257. The Balaban J connectivity index is 2.13. The van der Waals surface area contributed by atoms with Crippen LogP contribution in [0.15, 0.2) is 45.3 Å². The molecule has 0 heterocycles. The molecule has 0 spiro atoms. The molecule has 0 aliphatic carbocycles. The molecule has 0 amide bonds. The van der Waals surface area contributed by atoms with E-state index >= 15 is 0 Å². The van der Waals surface area contributed by atoms with Gasteiger partial charge in [-0.25, -0.2) is 9.59 Å². The Morgan fingerprint density at radius 1 is 1.00 bits per heavy atom. The highest BCUT2D eigenvalue weighted by atomic mass is 79.9. The average molecular weight is 500 g/mol. The molecule has 0 atom stereocenters. The first-order valence-corrected chi connectivity index (χ1v) is 10.2. The fourth-order valence-electron chi connectivity index (χ4n) is 2.37. The molecule has 0 fully saturated rings. The zero-order valence-electron chi connectivity index (χ0n) is 14.8. The largest absolute Gasteiger partial charge is 0.493 e. The maximum absolute atomic E-state index is 12.6. The minimum atomic E-state index is -1.06. The predicted molar refractivity (Wildman–Crippen MR) is 110 cm³/mol. The summed E-state index contributed by atoms with van der Waals surface area (Å²) in [5.41, 5.74) is 0.398. The van der Waals surface area contributed by atoms with E-state index in [9.17, 15) is 9.59 Å². The van der Waals surface area contributed by atoms with Gasteiger partial charge in [0, 0.05) is 4.47 Å². The lowest BCUT2D eigenvalue weighted by atomic mass is 10.2. The van der Waals surface area contributed by atoms with Crippen LogP contribution in [0.25, 0.3) is 0 Å². The molecule has 0 saturated heterocycles. The van der Waals surface area contributed by atoms with Gasteiger partial charge in [0.25, 0.3) is 0 Å². The number of esters is 1. The number of carbonyl (C=O) groups excluding carboxylic acids is 1. The van der Waals surface area contributed by atoms with Crippen molar-refractivity contribution in [1.82, 2.24) is 0 Å². The van der Waals surface area contributed by atoms with Crippen molar-refractivity contribution in [2.24, 2.45) is 0 Å². The van der Waals surface area contributed by atoms with Gasteiger partial charge >= 0.3 is 11.9 Å². The van der Waals surface area contributed by atoms with Crippen molar-refractivity contribution in [3.8, 4) is 11.5 Å². The number of carbonyl (C=O) groups is 2. The highest BCUT2D eigenvalue weighted by molar-refractivity contribution is 9.10. The van der Waals surface area contributed by atoms with Crippen LogP contribution >= 0.6 is 31.9 Å². The van der Waals surface area contributed by atoms with Crippen LogP contribution in [0.3, 0.4) is 0 Å². The van der Waals surface area contributed by atoms with Crippen molar-refractivity contribution in [1.29, 1.82) is 0 Å². The fourth-order valence-corrected chi connectivity index (χ4v) is 3.19. The number of hydrogen-bond acceptors (Lipinski definition) is 4. The minimum Gasteiger partial charge on any atom is -0.493 e. The van der Waals surface area contributed by atoms with E-state index in [1.165, 1.54) is 18.2 Å². The zero-order chi connectivity index (χ0) is 19.8. The van der Waals surface area contributed by atoms with E-state index in [1.54, 1.807) is 18.2 Å². The maximum Gasteiger partial charge on any atom is 0.347 e. The van der Waals surface area contributed by atoms with Gasteiger partial charge in [0.2, 0.25) is 0 Å². The van der Waals surface area contributed by atoms with Gasteiger partial charge in [-0.1, -0.05) is 42.1 Å². The van der Waals surface area contributed by atoms with Crippen molar-refractivity contribution in [2.75, 3.05) is 6.61 Å². The van der Waals surface area contributed by atoms with Gasteiger partial charge in [0.1, 0.15) is 17.1 Å². The summed E-state index contributed by atoms with van der Waals surface area (Å²) in [7, 11) is 0. The molecular formula is C20H20Br2O5. The number of carboxylic acids is 1. The average Bonchev–Trinajstić information content (AvgIpc) is 2.64. The second-order valence-corrected chi connectivity index (χ2v) is 7.66. The fraction of sp³-hybridized carbons (Fsp3) is 0.300. The van der Waals surface area contributed by atoms with E-state index < -0.39 is 11.9 Å². The highest BCUT2D eigenvalue weighted by Crippen LogP contribution is 2.29. The first-order chi connectivity index (χ1) is 12.9. The first-order valence-electron chi connectivity index (χ1n) is 8.59. The van der Waals surface area contributed by atoms with E-state index in [1.807, 2.05) is 0 Å². The number of carboxylic acid groups (broad SMARTS) is 1. The second kappa shape index (κ2) is 10.5. The molecule has 0 aliphatic heterocycles. The van der Waals surface area contributed by atoms with E-state index in [4.69, 9.17) is 14.6 Å². The number of hydrogen-bond donors (Lipinski definition) is 1. The summed E-state index contributed by atoms with van der Waals surface area (Å²) in [6.45, 7) is 2.67. The highest BCUT2D eigenvalue weighted by Gasteiger charge is 2.18. The van der Waals surface area contributed by atoms with Crippen molar-refractivity contribution in [2.45, 2.75) is 32.6 Å². The Morgan fingerprint density at radius 3 is 2.41 bits per heavy atom. The van der Waals surface area contributed by atoms with Gasteiger partial charge in [-0.2, -0.15) is 0 Å². The van der Waals surface area contributed by atoms with Crippen LogP contribution in [0.4, 0.5) is 0 Å². The standard InChI is InChI=1S/C20H20Br2O5/c1-2-3-4-5-10-26-17-9-7-14(21)12-15(17)20(25)27-18-8-6-13(19(23)24)11-16(18)22/h6-9,11-12H,2-5,10H2,1H3,(H,23,24). The van der Waals surface area contributed by atoms with E-state index in [0.717, 1.165) is 30.2 Å². The third-order valence-corrected chi connectivity index (χ3v) is 4.91. The Hall–Kier alpha value is -1.86. The van der Waals surface area contributed by atoms with Crippen LogP contribution in [0.1, 0.15) is 53.3 Å². The first kappa shape index (κ1) is 21.4. The SMILES string of the molecule is CCCCCCOc1ccc(Br)cc1C(=O)Oc1ccc(C(=O)O)cc1Br. The third-order valence-electron chi connectivity index (χ3n) is 3.80. The second-order valence-electron chi connectivity index (χ2n) is 5.89. The predicted octanol–water partition coefficient (Wildman–Crippen LogP) is 6.09. The van der Waals surface area contributed by atoms with Gasteiger partial charge in [-0.3, -0.25) is 0 Å². The Labute approximate surface area is 174 Å². The van der Waals surface area contributed by atoms with E-state index in [-0.39, 0.29) is 11.3 Å². The summed E-state index contributed by atoms with van der Waals surface area (Å²) < 4.78 is 12.3. The molecule has 0 saturated carbocycles. The number of halogens is 2. The van der Waals surface area contributed by atoms with Crippen LogP contribution < -0.4 is 9.47 Å². The van der Waals surface area contributed by atoms with Gasteiger partial charge in [-0.15, -0.1) is 0 Å². The number of rotatable bonds is 9. The maximum atomic E-state index is 12.6. The molecule has 27 heavy (non-hydrogen) atoms. The molecular weight excluding hydrogens is 480 g/mol. The summed E-state index contributed by atoms with van der Waals surface area (Å²) in [6, 6.07) is 9.37. The summed E-state index contributed by atoms with van der Waals surface area (Å²) >= 11 is 6.59. The summed E-state index contributed by atoms with van der Waals surface area (Å²) in [6.07, 6.45) is 4.29. The minimum absolute atomic E-state index is 0.0974. The molecule has 2 aromatic carbocycles. The Kier molecular flexibility index (Phi) is 8.31. The molecule has 7 heteroatoms. The molecule has 2 aromatic rings. The monoisotopic (exact) mass is 498 g/mol. The number of ether oxygens (including phenoxy) is 2. The lowest BCUT2D eigenvalue weighted by Gasteiger charge is -2.12. The van der Waals surface area contributed by atoms with Crippen LogP contribution in [-0.4, -0.2) is 23.7 Å². The molecule has 0 radical (unpaired) electrons. The molecule has 0 aromatic heterocycles. The molecule has 2 rings (SSSR count). The van der Waals surface area contributed by atoms with Crippen molar-refractivity contribution in [3.05, 3.63) is 56.5 Å². The summed E-state index contributed by atoms with van der Waals surface area (Å²) in [4.78, 5) is 23.6. The number of benzene rings is 2. The van der Waals surface area contributed by atoms with Crippen LogP contribution in [0, 0.1) is 0 Å². The Bertz CT molecular complexity index is 820. The lowest BCUT2D eigenvalue weighted by molar-refractivity contribution is 0.0696. The molecule has 0 bridgehead atoms. The molecule has 0 aliphatic rings. The molecule has 5 nitrogen and oxygen atoms in total. The van der Waals surface area contributed by atoms with Crippen molar-refractivity contribution < 1.29 is 24.2 Å². The van der Waals surface area contributed by atoms with Crippen molar-refractivity contribution in [3.63, 3.8) is 0 Å². The third kappa shape index (κ3) is 6.36. The van der Waals surface area contributed by atoms with Crippen molar-refractivity contribution >= 4 is 43.8 Å². The molecule has 144 valence electrons. The zero-order valence-corrected chi connectivity index (χ0v) is 18.0. The van der Waals surface area contributed by atoms with Gasteiger partial charge in [0.15, 0.2) is 0 Å². The molecule has 1 N–H and O–H groups in total. The van der Waals surface area contributed by atoms with E-state index in [2.05, 4.69) is 38.8 Å².